The first kappa shape index (κ1) is 19.2. The van der Waals surface area contributed by atoms with Crippen LogP contribution in [0, 0.1) is 23.0 Å². The van der Waals surface area contributed by atoms with Crippen LogP contribution in [0.2, 0.25) is 0 Å². The van der Waals surface area contributed by atoms with E-state index in [1.165, 1.54) is 33.8 Å². The molecule has 1 N–H and O–H groups in total. The van der Waals surface area contributed by atoms with Crippen LogP contribution in [0.4, 0.5) is 5.69 Å². The van der Waals surface area contributed by atoms with E-state index in [1.807, 2.05) is 0 Å². The highest BCUT2D eigenvalue weighted by atomic mass is 16.6. The lowest BCUT2D eigenvalue weighted by Crippen LogP contribution is -2.44. The summed E-state index contributed by atoms with van der Waals surface area (Å²) in [4.78, 5) is 48.5. The highest BCUT2D eigenvalue weighted by Gasteiger charge is 2.31. The van der Waals surface area contributed by atoms with Crippen molar-refractivity contribution in [1.29, 1.82) is 0 Å². The first-order chi connectivity index (χ1) is 13.3. The number of nitro benzene ring substituents is 1. The number of carbonyl (C=O) groups is 2. The van der Waals surface area contributed by atoms with E-state index in [2.05, 4.69) is 5.10 Å². The first-order valence-corrected chi connectivity index (χ1v) is 8.66. The van der Waals surface area contributed by atoms with Crippen LogP contribution in [0.25, 0.3) is 5.69 Å². The number of aromatic nitrogens is 2. The predicted molar refractivity (Wildman–Crippen MR) is 97.5 cm³/mol. The molecule has 0 spiro atoms. The molecule has 1 aromatic carbocycles. The number of hydrogen-bond acceptors (Lipinski definition) is 6. The third-order valence-electron chi connectivity index (χ3n) is 4.67. The second-order valence-corrected chi connectivity index (χ2v) is 6.58. The van der Waals surface area contributed by atoms with Gasteiger partial charge in [-0.2, -0.15) is 5.10 Å². The van der Waals surface area contributed by atoms with E-state index >= 15 is 0 Å². The summed E-state index contributed by atoms with van der Waals surface area (Å²) in [5, 5.41) is 24.6. The normalized spacial score (nSPS) is 16.6. The van der Waals surface area contributed by atoms with E-state index in [4.69, 9.17) is 0 Å². The minimum Gasteiger partial charge on any atom is -0.481 e. The van der Waals surface area contributed by atoms with Crippen molar-refractivity contribution in [3.8, 4) is 5.69 Å². The Labute approximate surface area is 159 Å². The number of amides is 1. The molecule has 2 heterocycles. The molecular weight excluding hydrogens is 368 g/mol. The zero-order valence-corrected chi connectivity index (χ0v) is 15.1. The summed E-state index contributed by atoms with van der Waals surface area (Å²) in [6, 6.07) is 7.06. The minimum atomic E-state index is -0.994. The Morgan fingerprint density at radius 1 is 1.32 bits per heavy atom. The van der Waals surface area contributed by atoms with Gasteiger partial charge in [-0.25, -0.2) is 4.68 Å². The summed E-state index contributed by atoms with van der Waals surface area (Å²) < 4.78 is 1.19. The Hall–Kier alpha value is -3.56. The van der Waals surface area contributed by atoms with Crippen molar-refractivity contribution < 1.29 is 19.6 Å². The Kier molecular flexibility index (Phi) is 5.21. The predicted octanol–water partition coefficient (Wildman–Crippen LogP) is 1.39. The molecule has 146 valence electrons. The number of hydrogen-bond donors (Lipinski definition) is 1. The Balaban J connectivity index is 2.03. The number of aryl methyl sites for hydroxylation is 1. The second kappa shape index (κ2) is 7.59. The monoisotopic (exact) mass is 386 g/mol. The lowest BCUT2D eigenvalue weighted by molar-refractivity contribution is -0.384. The number of piperidine rings is 1. The zero-order chi connectivity index (χ0) is 20.4. The lowest BCUT2D eigenvalue weighted by atomic mass is 9.98. The van der Waals surface area contributed by atoms with Gasteiger partial charge in [0.1, 0.15) is 5.69 Å². The van der Waals surface area contributed by atoms with Crippen LogP contribution in [-0.4, -0.2) is 49.7 Å². The van der Waals surface area contributed by atoms with Crippen LogP contribution in [-0.2, 0) is 4.79 Å². The van der Waals surface area contributed by atoms with Crippen molar-refractivity contribution in [3.05, 3.63) is 62.1 Å². The van der Waals surface area contributed by atoms with E-state index < -0.39 is 33.8 Å². The fraction of sp³-hybridized carbons (Fsp3) is 0.333. The molecule has 1 aliphatic rings. The number of para-hydroxylation sites is 2. The van der Waals surface area contributed by atoms with E-state index in [1.54, 1.807) is 13.0 Å². The van der Waals surface area contributed by atoms with Gasteiger partial charge in [-0.1, -0.05) is 12.1 Å². The molecule has 1 unspecified atom stereocenters. The average Bonchev–Trinajstić information content (AvgIpc) is 2.67. The topological polar surface area (TPSA) is 136 Å². The van der Waals surface area contributed by atoms with E-state index in [0.717, 1.165) is 0 Å². The number of likely N-dealkylation sites (tertiary alicyclic amines) is 1. The Bertz CT molecular complexity index is 1020. The quantitative estimate of drug-likeness (QED) is 0.619. The lowest BCUT2D eigenvalue weighted by Gasteiger charge is -2.30. The van der Waals surface area contributed by atoms with Gasteiger partial charge < -0.3 is 10.0 Å². The van der Waals surface area contributed by atoms with Crippen LogP contribution in [0.1, 0.15) is 29.0 Å². The van der Waals surface area contributed by atoms with Gasteiger partial charge in [-0.3, -0.25) is 24.5 Å². The van der Waals surface area contributed by atoms with Crippen molar-refractivity contribution in [2.45, 2.75) is 19.8 Å². The molecule has 0 saturated carbocycles. The highest BCUT2D eigenvalue weighted by molar-refractivity contribution is 5.92. The van der Waals surface area contributed by atoms with Crippen LogP contribution in [0.15, 0.2) is 35.1 Å². The molecule has 0 bridgehead atoms. The number of aliphatic carboxylic acids is 1. The van der Waals surface area contributed by atoms with Crippen molar-refractivity contribution in [3.63, 3.8) is 0 Å². The molecule has 10 nitrogen and oxygen atoms in total. The highest BCUT2D eigenvalue weighted by Crippen LogP contribution is 2.23. The largest absolute Gasteiger partial charge is 0.481 e. The summed E-state index contributed by atoms with van der Waals surface area (Å²) in [5.74, 6) is -2.37. The molecular formula is C18H18N4O6. The first-order valence-electron chi connectivity index (χ1n) is 8.66. The van der Waals surface area contributed by atoms with Crippen LogP contribution in [0.5, 0.6) is 0 Å². The van der Waals surface area contributed by atoms with E-state index in [-0.39, 0.29) is 17.9 Å². The van der Waals surface area contributed by atoms with Gasteiger partial charge in [-0.05, 0) is 25.8 Å². The van der Waals surface area contributed by atoms with Gasteiger partial charge in [-0.15, -0.1) is 0 Å². The number of benzene rings is 1. The number of nitrogens with zero attached hydrogens (tertiary/aromatic N) is 4. The number of carbonyl (C=O) groups excluding carboxylic acids is 1. The van der Waals surface area contributed by atoms with Gasteiger partial charge in [0.05, 0.1) is 10.8 Å². The molecule has 1 atom stereocenters. The number of carboxylic acid groups (broad SMARTS) is 1. The summed E-state index contributed by atoms with van der Waals surface area (Å²) in [7, 11) is 0. The molecule has 1 aromatic heterocycles. The third-order valence-corrected chi connectivity index (χ3v) is 4.67. The molecule has 10 heteroatoms. The summed E-state index contributed by atoms with van der Waals surface area (Å²) in [6.45, 7) is 1.87. The molecule has 0 radical (unpaired) electrons. The van der Waals surface area contributed by atoms with Gasteiger partial charge in [0.25, 0.3) is 11.6 Å². The van der Waals surface area contributed by atoms with Crippen LogP contribution in [0.3, 0.4) is 0 Å². The molecule has 28 heavy (non-hydrogen) atoms. The summed E-state index contributed by atoms with van der Waals surface area (Å²) >= 11 is 0. The third kappa shape index (κ3) is 3.61. The molecule has 0 aliphatic carbocycles. The number of nitro groups is 1. The van der Waals surface area contributed by atoms with Crippen molar-refractivity contribution >= 4 is 17.6 Å². The molecule has 2 aromatic rings. The maximum atomic E-state index is 12.8. The standard InChI is InChI=1S/C18H18N4O6/c1-11-9-15(23)16(17(24)20-8-4-5-12(10-20)18(25)26)19-21(11)13-6-2-3-7-14(13)22(27)28/h2-3,6-7,9,12H,4-5,8,10H2,1H3,(H,25,26). The van der Waals surface area contributed by atoms with E-state index in [9.17, 15) is 29.6 Å². The van der Waals surface area contributed by atoms with Crippen molar-refractivity contribution in [2.24, 2.45) is 5.92 Å². The molecule has 1 saturated heterocycles. The summed E-state index contributed by atoms with van der Waals surface area (Å²) in [5.41, 5.74) is -0.771. The van der Waals surface area contributed by atoms with Gasteiger partial charge >= 0.3 is 5.97 Å². The van der Waals surface area contributed by atoms with Gasteiger partial charge in [0.15, 0.2) is 5.69 Å². The Morgan fingerprint density at radius 3 is 2.71 bits per heavy atom. The van der Waals surface area contributed by atoms with Gasteiger partial charge in [0, 0.05) is 30.9 Å². The maximum absolute atomic E-state index is 12.8. The molecule has 3 rings (SSSR count). The second-order valence-electron chi connectivity index (χ2n) is 6.58. The summed E-state index contributed by atoms with van der Waals surface area (Å²) in [6.07, 6.45) is 0.966. The Morgan fingerprint density at radius 2 is 2.04 bits per heavy atom. The zero-order valence-electron chi connectivity index (χ0n) is 15.1. The smallest absolute Gasteiger partial charge is 0.308 e. The number of rotatable bonds is 4. The molecule has 1 fully saturated rings. The maximum Gasteiger partial charge on any atom is 0.308 e. The van der Waals surface area contributed by atoms with E-state index in [0.29, 0.717) is 25.1 Å². The fourth-order valence-electron chi connectivity index (χ4n) is 3.25. The van der Waals surface area contributed by atoms with Crippen molar-refractivity contribution in [1.82, 2.24) is 14.7 Å². The minimum absolute atomic E-state index is 0.00531. The average molecular weight is 386 g/mol. The van der Waals surface area contributed by atoms with Gasteiger partial charge in [0.2, 0.25) is 5.43 Å². The number of carboxylic acids is 1. The fourth-order valence-corrected chi connectivity index (χ4v) is 3.25. The van der Waals surface area contributed by atoms with Crippen LogP contribution >= 0.6 is 0 Å². The molecule has 1 aliphatic heterocycles. The van der Waals surface area contributed by atoms with Crippen LogP contribution < -0.4 is 5.43 Å². The SMILES string of the molecule is Cc1cc(=O)c(C(=O)N2CCCC(C(=O)O)C2)nn1-c1ccccc1[N+](=O)[O-]. The van der Waals surface area contributed by atoms with Crippen molar-refractivity contribution in [2.75, 3.05) is 13.1 Å². The molecule has 1 amide bonds.